The smallest absolute Gasteiger partial charge is 0.352 e. The van der Waals surface area contributed by atoms with Crippen LogP contribution in [-0.4, -0.2) is 15.6 Å². The van der Waals surface area contributed by atoms with Crippen LogP contribution in [-0.2, 0) is 6.54 Å². The summed E-state index contributed by atoms with van der Waals surface area (Å²) in [6.45, 7) is 3.08. The maximum Gasteiger partial charge on any atom is 0.352 e. The minimum Gasteiger partial charge on any atom is -0.477 e. The van der Waals surface area contributed by atoms with Gasteiger partial charge in [-0.25, -0.2) is 4.79 Å². The average molecular weight is 221 g/mol. The third kappa shape index (κ3) is 1.99. The van der Waals surface area contributed by atoms with E-state index in [1.54, 1.807) is 6.07 Å². The SMILES string of the molecule is CCC1(Cn2cccc2C(=O)O)CCCC1. The summed E-state index contributed by atoms with van der Waals surface area (Å²) in [6.07, 6.45) is 8.08. The monoisotopic (exact) mass is 221 g/mol. The molecule has 0 radical (unpaired) electrons. The van der Waals surface area contributed by atoms with Crippen molar-refractivity contribution in [1.29, 1.82) is 0 Å². The Hall–Kier alpha value is -1.25. The second kappa shape index (κ2) is 4.32. The highest BCUT2D eigenvalue weighted by Crippen LogP contribution is 2.42. The predicted molar refractivity (Wildman–Crippen MR) is 62.6 cm³/mol. The Morgan fingerprint density at radius 3 is 2.75 bits per heavy atom. The van der Waals surface area contributed by atoms with Gasteiger partial charge in [-0.05, 0) is 36.8 Å². The number of carboxylic acids is 1. The number of hydrogen-bond donors (Lipinski definition) is 1. The summed E-state index contributed by atoms with van der Waals surface area (Å²) in [5.74, 6) is -0.825. The van der Waals surface area contributed by atoms with E-state index < -0.39 is 5.97 Å². The molecule has 0 saturated heterocycles. The lowest BCUT2D eigenvalue weighted by Crippen LogP contribution is -2.24. The molecule has 0 spiro atoms. The Labute approximate surface area is 96.1 Å². The van der Waals surface area contributed by atoms with Gasteiger partial charge in [0.15, 0.2) is 0 Å². The summed E-state index contributed by atoms with van der Waals surface area (Å²) < 4.78 is 1.90. The fraction of sp³-hybridized carbons (Fsp3) is 0.615. The first-order chi connectivity index (χ1) is 7.67. The molecule has 0 aliphatic heterocycles. The molecule has 0 unspecified atom stereocenters. The highest BCUT2D eigenvalue weighted by molar-refractivity contribution is 5.85. The second-order valence-corrected chi connectivity index (χ2v) is 4.89. The molecule has 1 saturated carbocycles. The van der Waals surface area contributed by atoms with Gasteiger partial charge in [0, 0.05) is 12.7 Å². The topological polar surface area (TPSA) is 42.2 Å². The van der Waals surface area contributed by atoms with E-state index in [2.05, 4.69) is 6.92 Å². The highest BCUT2D eigenvalue weighted by Gasteiger charge is 2.32. The lowest BCUT2D eigenvalue weighted by Gasteiger charge is -2.28. The van der Waals surface area contributed by atoms with E-state index in [0.717, 1.165) is 13.0 Å². The maximum absolute atomic E-state index is 11.0. The minimum atomic E-state index is -0.825. The molecule has 1 aromatic rings. The molecule has 0 aromatic carbocycles. The number of hydrogen-bond acceptors (Lipinski definition) is 1. The molecule has 1 aliphatic rings. The molecule has 1 N–H and O–H groups in total. The van der Waals surface area contributed by atoms with E-state index in [0.29, 0.717) is 11.1 Å². The highest BCUT2D eigenvalue weighted by atomic mass is 16.4. The molecule has 2 rings (SSSR count). The van der Waals surface area contributed by atoms with Gasteiger partial charge in [-0.3, -0.25) is 0 Å². The van der Waals surface area contributed by atoms with Crippen LogP contribution in [0.25, 0.3) is 0 Å². The van der Waals surface area contributed by atoms with Crippen LogP contribution in [0, 0.1) is 5.41 Å². The third-order valence-corrected chi connectivity index (χ3v) is 3.97. The zero-order valence-electron chi connectivity index (χ0n) is 9.78. The van der Waals surface area contributed by atoms with Crippen molar-refractivity contribution in [3.63, 3.8) is 0 Å². The number of carboxylic acid groups (broad SMARTS) is 1. The largest absolute Gasteiger partial charge is 0.477 e. The zero-order valence-corrected chi connectivity index (χ0v) is 9.78. The molecule has 1 aliphatic carbocycles. The number of aromatic carboxylic acids is 1. The van der Waals surface area contributed by atoms with Gasteiger partial charge >= 0.3 is 5.97 Å². The van der Waals surface area contributed by atoms with Gasteiger partial charge < -0.3 is 9.67 Å². The third-order valence-electron chi connectivity index (χ3n) is 3.97. The molecular weight excluding hydrogens is 202 g/mol. The molecule has 3 heteroatoms. The molecular formula is C13H19NO2. The van der Waals surface area contributed by atoms with Crippen LogP contribution in [0.3, 0.4) is 0 Å². The van der Waals surface area contributed by atoms with Crippen LogP contribution in [0.2, 0.25) is 0 Å². The van der Waals surface area contributed by atoms with Gasteiger partial charge in [0.05, 0.1) is 0 Å². The summed E-state index contributed by atoms with van der Waals surface area (Å²) in [6, 6.07) is 3.50. The van der Waals surface area contributed by atoms with Gasteiger partial charge in [-0.15, -0.1) is 0 Å². The minimum absolute atomic E-state index is 0.337. The normalized spacial score (nSPS) is 18.8. The van der Waals surface area contributed by atoms with Crippen LogP contribution in [0.1, 0.15) is 49.5 Å². The van der Waals surface area contributed by atoms with E-state index in [9.17, 15) is 4.79 Å². The fourth-order valence-electron chi connectivity index (χ4n) is 2.86. The number of nitrogens with zero attached hydrogens (tertiary/aromatic N) is 1. The Kier molecular flexibility index (Phi) is 3.03. The Balaban J connectivity index is 2.19. The summed E-state index contributed by atoms with van der Waals surface area (Å²) in [5.41, 5.74) is 0.753. The molecule has 0 bridgehead atoms. The molecule has 3 nitrogen and oxygen atoms in total. The van der Waals surface area contributed by atoms with E-state index in [4.69, 9.17) is 5.11 Å². The van der Waals surface area contributed by atoms with Crippen molar-refractivity contribution in [3.8, 4) is 0 Å². The molecule has 88 valence electrons. The first-order valence-electron chi connectivity index (χ1n) is 6.05. The van der Waals surface area contributed by atoms with Crippen molar-refractivity contribution < 1.29 is 9.90 Å². The number of aromatic nitrogens is 1. The van der Waals surface area contributed by atoms with Gasteiger partial charge in [0.25, 0.3) is 0 Å². The van der Waals surface area contributed by atoms with Crippen molar-refractivity contribution in [2.45, 2.75) is 45.6 Å². The van der Waals surface area contributed by atoms with E-state index >= 15 is 0 Å². The zero-order chi connectivity index (χ0) is 11.6. The lowest BCUT2D eigenvalue weighted by atomic mass is 9.83. The number of rotatable bonds is 4. The summed E-state index contributed by atoms with van der Waals surface area (Å²) in [4.78, 5) is 11.0. The first-order valence-corrected chi connectivity index (χ1v) is 6.05. The predicted octanol–water partition coefficient (Wildman–Crippen LogP) is 3.16. The van der Waals surface area contributed by atoms with Crippen LogP contribution >= 0.6 is 0 Å². The molecule has 1 heterocycles. The Bertz CT molecular complexity index is 375. The van der Waals surface area contributed by atoms with Crippen molar-refractivity contribution in [3.05, 3.63) is 24.0 Å². The molecule has 0 amide bonds. The molecule has 1 aromatic heterocycles. The van der Waals surface area contributed by atoms with E-state index in [-0.39, 0.29) is 0 Å². The van der Waals surface area contributed by atoms with Crippen molar-refractivity contribution in [2.24, 2.45) is 5.41 Å². The van der Waals surface area contributed by atoms with E-state index in [1.165, 1.54) is 25.7 Å². The lowest BCUT2D eigenvalue weighted by molar-refractivity contribution is 0.0680. The van der Waals surface area contributed by atoms with Crippen molar-refractivity contribution >= 4 is 5.97 Å². The van der Waals surface area contributed by atoms with Gasteiger partial charge in [0.1, 0.15) is 5.69 Å². The van der Waals surface area contributed by atoms with Gasteiger partial charge in [-0.2, -0.15) is 0 Å². The van der Waals surface area contributed by atoms with Crippen LogP contribution in [0.5, 0.6) is 0 Å². The second-order valence-electron chi connectivity index (χ2n) is 4.89. The average Bonchev–Trinajstić information content (AvgIpc) is 2.88. The maximum atomic E-state index is 11.0. The van der Waals surface area contributed by atoms with Crippen LogP contribution in [0.15, 0.2) is 18.3 Å². The summed E-state index contributed by atoms with van der Waals surface area (Å²) >= 11 is 0. The van der Waals surface area contributed by atoms with Gasteiger partial charge in [0.2, 0.25) is 0 Å². The molecule has 0 atom stereocenters. The van der Waals surface area contributed by atoms with E-state index in [1.807, 2.05) is 16.8 Å². The molecule has 1 fully saturated rings. The van der Waals surface area contributed by atoms with Crippen LogP contribution in [0.4, 0.5) is 0 Å². The van der Waals surface area contributed by atoms with Crippen LogP contribution < -0.4 is 0 Å². The molecule has 16 heavy (non-hydrogen) atoms. The van der Waals surface area contributed by atoms with Crippen molar-refractivity contribution in [2.75, 3.05) is 0 Å². The summed E-state index contributed by atoms with van der Waals surface area (Å²) in [7, 11) is 0. The Morgan fingerprint density at radius 2 is 2.19 bits per heavy atom. The summed E-state index contributed by atoms with van der Waals surface area (Å²) in [5, 5.41) is 9.06. The Morgan fingerprint density at radius 1 is 1.50 bits per heavy atom. The fourth-order valence-corrected chi connectivity index (χ4v) is 2.86. The standard InChI is InChI=1S/C13H19NO2/c1-2-13(7-3-4-8-13)10-14-9-5-6-11(14)12(15)16/h5-6,9H,2-4,7-8,10H2,1H3,(H,15,16). The van der Waals surface area contributed by atoms with Gasteiger partial charge in [-0.1, -0.05) is 19.8 Å². The first kappa shape index (κ1) is 11.2. The van der Waals surface area contributed by atoms with Crippen molar-refractivity contribution in [1.82, 2.24) is 4.57 Å². The quantitative estimate of drug-likeness (QED) is 0.848. The number of carbonyl (C=O) groups is 1.